The van der Waals surface area contributed by atoms with Crippen LogP contribution in [0.2, 0.25) is 10.0 Å². The van der Waals surface area contributed by atoms with Crippen molar-refractivity contribution in [2.45, 2.75) is 59.2 Å². The molecule has 0 aliphatic rings. The van der Waals surface area contributed by atoms with Gasteiger partial charge in [-0.2, -0.15) is 0 Å². The molecule has 0 aliphatic carbocycles. The summed E-state index contributed by atoms with van der Waals surface area (Å²) in [5.41, 5.74) is 3.47. The van der Waals surface area contributed by atoms with Gasteiger partial charge in [-0.3, -0.25) is 9.59 Å². The Kier molecular flexibility index (Phi) is 10.4. The molecule has 5 nitrogen and oxygen atoms in total. The number of nitrogens with zero attached hydrogens (tertiary/aromatic N) is 1. The Labute approximate surface area is 229 Å². The molecule has 3 rings (SSSR count). The summed E-state index contributed by atoms with van der Waals surface area (Å²) in [5, 5.41) is 3.91. The van der Waals surface area contributed by atoms with Crippen molar-refractivity contribution in [1.82, 2.24) is 10.2 Å². The molecule has 196 valence electrons. The Hall–Kier alpha value is -3.02. The number of halogens is 2. The van der Waals surface area contributed by atoms with Gasteiger partial charge in [0, 0.05) is 34.6 Å². The van der Waals surface area contributed by atoms with Gasteiger partial charge in [-0.1, -0.05) is 78.7 Å². The molecule has 0 radical (unpaired) electrons. The van der Waals surface area contributed by atoms with Crippen LogP contribution in [0.3, 0.4) is 0 Å². The van der Waals surface area contributed by atoms with Gasteiger partial charge < -0.3 is 15.0 Å². The number of aryl methyl sites for hydroxylation is 2. The van der Waals surface area contributed by atoms with Gasteiger partial charge in [-0.15, -0.1) is 0 Å². The minimum atomic E-state index is -0.793. The van der Waals surface area contributed by atoms with Crippen LogP contribution in [0.4, 0.5) is 0 Å². The highest BCUT2D eigenvalue weighted by Crippen LogP contribution is 2.27. The van der Waals surface area contributed by atoms with Crippen LogP contribution in [0.1, 0.15) is 42.5 Å². The molecule has 3 aromatic carbocycles. The van der Waals surface area contributed by atoms with Gasteiger partial charge in [0.25, 0.3) is 5.91 Å². The fourth-order valence-corrected chi connectivity index (χ4v) is 4.45. The van der Waals surface area contributed by atoms with Crippen molar-refractivity contribution < 1.29 is 14.3 Å². The van der Waals surface area contributed by atoms with E-state index in [1.54, 1.807) is 18.2 Å². The number of rotatable bonds is 11. The second-order valence-corrected chi connectivity index (χ2v) is 10.1. The first kappa shape index (κ1) is 28.5. The van der Waals surface area contributed by atoms with E-state index in [4.69, 9.17) is 27.9 Å². The number of ether oxygens (including phenoxy) is 1. The summed E-state index contributed by atoms with van der Waals surface area (Å²) >= 11 is 13.0. The van der Waals surface area contributed by atoms with E-state index in [9.17, 15) is 9.59 Å². The number of benzene rings is 3. The van der Waals surface area contributed by atoms with Crippen LogP contribution in [0, 0.1) is 13.8 Å². The van der Waals surface area contributed by atoms with Crippen LogP contribution in [-0.2, 0) is 22.6 Å². The van der Waals surface area contributed by atoms with Crippen LogP contribution >= 0.6 is 23.2 Å². The van der Waals surface area contributed by atoms with Crippen molar-refractivity contribution in [3.8, 4) is 5.75 Å². The van der Waals surface area contributed by atoms with Gasteiger partial charge in [0.2, 0.25) is 5.91 Å². The summed E-state index contributed by atoms with van der Waals surface area (Å²) in [7, 11) is 0. The first-order chi connectivity index (χ1) is 17.7. The van der Waals surface area contributed by atoms with E-state index in [2.05, 4.69) is 5.32 Å². The predicted molar refractivity (Wildman–Crippen MR) is 150 cm³/mol. The SMILES string of the molecule is CC[C@@H](C)NC(=O)[C@@H](Cc1ccccc1)N(Cc1c(Cl)cccc1Cl)C(=O)COc1cc(C)ccc1C. The molecule has 7 heteroatoms. The van der Waals surface area contributed by atoms with Crippen molar-refractivity contribution >= 4 is 35.0 Å². The molecule has 2 amide bonds. The Morgan fingerprint density at radius 1 is 0.973 bits per heavy atom. The first-order valence-electron chi connectivity index (χ1n) is 12.5. The zero-order valence-corrected chi connectivity index (χ0v) is 23.3. The Bertz CT molecular complexity index is 1200. The first-order valence-corrected chi connectivity index (χ1v) is 13.2. The number of hydrogen-bond acceptors (Lipinski definition) is 3. The van der Waals surface area contributed by atoms with E-state index in [0.717, 1.165) is 23.1 Å². The topological polar surface area (TPSA) is 58.6 Å². The standard InChI is InChI=1S/C30H34Cl2N2O3/c1-5-22(4)33-30(36)27(17-23-10-7-6-8-11-23)34(18-24-25(31)12-9-13-26(24)32)29(35)19-37-28-16-20(2)14-15-21(28)3/h6-16,22,27H,5,17-19H2,1-4H3,(H,33,36)/t22-,27-/m1/s1. The molecule has 0 saturated carbocycles. The van der Waals surface area contributed by atoms with Crippen LogP contribution in [0.25, 0.3) is 0 Å². The highest BCUT2D eigenvalue weighted by molar-refractivity contribution is 6.36. The molecule has 1 N–H and O–H groups in total. The lowest BCUT2D eigenvalue weighted by Crippen LogP contribution is -2.53. The molecular weight excluding hydrogens is 507 g/mol. The van der Waals surface area contributed by atoms with Gasteiger partial charge in [0.05, 0.1) is 0 Å². The zero-order chi connectivity index (χ0) is 26.9. The van der Waals surface area contributed by atoms with Crippen molar-refractivity contribution in [3.05, 3.63) is 99.0 Å². The minimum absolute atomic E-state index is 0.0437. The Morgan fingerprint density at radius 3 is 2.30 bits per heavy atom. The van der Waals surface area contributed by atoms with Crippen LogP contribution in [0.15, 0.2) is 66.7 Å². The highest BCUT2D eigenvalue weighted by atomic mass is 35.5. The van der Waals surface area contributed by atoms with Gasteiger partial charge in [-0.05, 0) is 62.1 Å². The molecule has 0 spiro atoms. The van der Waals surface area contributed by atoms with Crippen molar-refractivity contribution in [2.24, 2.45) is 0 Å². The van der Waals surface area contributed by atoms with E-state index < -0.39 is 6.04 Å². The van der Waals surface area contributed by atoms with Crippen LogP contribution < -0.4 is 10.1 Å². The smallest absolute Gasteiger partial charge is 0.261 e. The zero-order valence-electron chi connectivity index (χ0n) is 21.8. The molecule has 3 aromatic rings. The Balaban J connectivity index is 1.98. The average molecular weight is 542 g/mol. The van der Waals surface area contributed by atoms with E-state index >= 15 is 0 Å². The molecule has 0 aliphatic heterocycles. The highest BCUT2D eigenvalue weighted by Gasteiger charge is 2.32. The summed E-state index contributed by atoms with van der Waals surface area (Å²) in [4.78, 5) is 28.9. The number of nitrogens with one attached hydrogen (secondary N) is 1. The lowest BCUT2D eigenvalue weighted by Gasteiger charge is -2.32. The molecule has 0 heterocycles. The van der Waals surface area contributed by atoms with Gasteiger partial charge >= 0.3 is 0 Å². The largest absolute Gasteiger partial charge is 0.483 e. The quantitative estimate of drug-likeness (QED) is 0.300. The second-order valence-electron chi connectivity index (χ2n) is 9.30. The molecular formula is C30H34Cl2N2O3. The molecule has 2 atom stereocenters. The van der Waals surface area contributed by atoms with Gasteiger partial charge in [-0.25, -0.2) is 0 Å². The summed E-state index contributed by atoms with van der Waals surface area (Å²) in [5.74, 6) is 0.0614. The number of amides is 2. The van der Waals surface area contributed by atoms with E-state index in [1.165, 1.54) is 4.90 Å². The summed E-state index contributed by atoms with van der Waals surface area (Å²) < 4.78 is 5.95. The number of hydrogen-bond donors (Lipinski definition) is 1. The van der Waals surface area contributed by atoms with Crippen LogP contribution in [-0.4, -0.2) is 35.4 Å². The van der Waals surface area contributed by atoms with E-state index in [-0.39, 0.29) is 31.0 Å². The van der Waals surface area contributed by atoms with Crippen molar-refractivity contribution in [3.63, 3.8) is 0 Å². The average Bonchev–Trinajstić information content (AvgIpc) is 2.88. The number of carbonyl (C=O) groups excluding carboxylic acids is 2. The third-order valence-electron chi connectivity index (χ3n) is 6.36. The molecule has 0 unspecified atom stereocenters. The molecule has 0 saturated heterocycles. The maximum Gasteiger partial charge on any atom is 0.261 e. The van der Waals surface area contributed by atoms with Gasteiger partial charge in [0.15, 0.2) is 6.61 Å². The van der Waals surface area contributed by atoms with Crippen molar-refractivity contribution in [1.29, 1.82) is 0 Å². The third-order valence-corrected chi connectivity index (χ3v) is 7.07. The van der Waals surface area contributed by atoms with Crippen LogP contribution in [0.5, 0.6) is 5.75 Å². The normalized spacial score (nSPS) is 12.5. The summed E-state index contributed by atoms with van der Waals surface area (Å²) in [6.45, 7) is 7.68. The summed E-state index contributed by atoms with van der Waals surface area (Å²) in [6, 6.07) is 19.8. The molecule has 0 bridgehead atoms. The number of carbonyl (C=O) groups is 2. The van der Waals surface area contributed by atoms with E-state index in [1.807, 2.05) is 76.2 Å². The van der Waals surface area contributed by atoms with E-state index in [0.29, 0.717) is 27.8 Å². The minimum Gasteiger partial charge on any atom is -0.483 e. The molecule has 37 heavy (non-hydrogen) atoms. The second kappa shape index (κ2) is 13.5. The van der Waals surface area contributed by atoms with Gasteiger partial charge in [0.1, 0.15) is 11.8 Å². The third kappa shape index (κ3) is 7.98. The lowest BCUT2D eigenvalue weighted by molar-refractivity contribution is -0.143. The monoisotopic (exact) mass is 540 g/mol. The lowest BCUT2D eigenvalue weighted by atomic mass is 10.0. The maximum atomic E-state index is 13.8. The molecule has 0 fully saturated rings. The fraction of sp³-hybridized carbons (Fsp3) is 0.333. The fourth-order valence-electron chi connectivity index (χ4n) is 3.93. The molecule has 0 aromatic heterocycles. The Morgan fingerprint density at radius 2 is 1.65 bits per heavy atom. The summed E-state index contributed by atoms with van der Waals surface area (Å²) in [6.07, 6.45) is 1.10. The van der Waals surface area contributed by atoms with Crippen molar-refractivity contribution in [2.75, 3.05) is 6.61 Å². The maximum absolute atomic E-state index is 13.8. The predicted octanol–water partition coefficient (Wildman–Crippen LogP) is 6.54.